The number of aliphatic hydroxyl groups is 1. The lowest BCUT2D eigenvalue weighted by molar-refractivity contribution is -0.132. The number of carbonyl (C=O) groups is 2. The van der Waals surface area contributed by atoms with Crippen molar-refractivity contribution in [2.24, 2.45) is 0 Å². The Morgan fingerprint density at radius 2 is 1.83 bits per heavy atom. The van der Waals surface area contributed by atoms with Crippen molar-refractivity contribution >= 4 is 33.9 Å². The minimum atomic E-state index is -0.921. The van der Waals surface area contributed by atoms with Crippen LogP contribution in [0.2, 0.25) is 0 Å². The van der Waals surface area contributed by atoms with E-state index in [9.17, 15) is 14.7 Å². The third kappa shape index (κ3) is 4.83. The first-order chi connectivity index (χ1) is 17.5. The van der Waals surface area contributed by atoms with Gasteiger partial charge in [-0.1, -0.05) is 18.7 Å². The standard InChI is InChI=1S/C27H26N2O6S/c1-4-14-35-20-12-9-18(16-21(20)34-6-3)23-22(24(30)17-7-10-19(11-8-17)33-5-2)25(31)26(32)29(23)27-28-13-15-36-27/h4,7-13,15-16,23,30H,1,5-6,14H2,2-3H3/b24-22+. The van der Waals surface area contributed by atoms with E-state index in [0.29, 0.717) is 46.7 Å². The summed E-state index contributed by atoms with van der Waals surface area (Å²) in [7, 11) is 0. The van der Waals surface area contributed by atoms with Crippen molar-refractivity contribution in [3.8, 4) is 17.2 Å². The van der Waals surface area contributed by atoms with E-state index in [1.807, 2.05) is 13.8 Å². The number of aliphatic hydroxyl groups excluding tert-OH is 1. The molecule has 36 heavy (non-hydrogen) atoms. The first-order valence-electron chi connectivity index (χ1n) is 11.4. The van der Waals surface area contributed by atoms with E-state index in [2.05, 4.69) is 11.6 Å². The molecule has 1 saturated heterocycles. The lowest BCUT2D eigenvalue weighted by atomic mass is 9.95. The molecule has 0 radical (unpaired) electrons. The number of carbonyl (C=O) groups excluding carboxylic acids is 2. The van der Waals surface area contributed by atoms with Crippen molar-refractivity contribution in [2.45, 2.75) is 19.9 Å². The van der Waals surface area contributed by atoms with Crippen molar-refractivity contribution < 1.29 is 28.9 Å². The van der Waals surface area contributed by atoms with Gasteiger partial charge in [-0.3, -0.25) is 14.5 Å². The van der Waals surface area contributed by atoms with Crippen LogP contribution in [-0.2, 0) is 9.59 Å². The molecule has 1 aliphatic rings. The Morgan fingerprint density at radius 1 is 1.08 bits per heavy atom. The number of anilines is 1. The topological polar surface area (TPSA) is 98.2 Å². The molecule has 8 nitrogen and oxygen atoms in total. The molecule has 0 aliphatic carbocycles. The van der Waals surface area contributed by atoms with Crippen molar-refractivity contribution in [3.05, 3.63) is 83.4 Å². The van der Waals surface area contributed by atoms with Gasteiger partial charge in [0.05, 0.1) is 24.8 Å². The predicted molar refractivity (Wildman–Crippen MR) is 138 cm³/mol. The predicted octanol–water partition coefficient (Wildman–Crippen LogP) is 5.13. The quantitative estimate of drug-likeness (QED) is 0.176. The van der Waals surface area contributed by atoms with E-state index in [1.165, 1.54) is 16.2 Å². The number of ketones is 1. The van der Waals surface area contributed by atoms with Crippen molar-refractivity contribution in [1.29, 1.82) is 0 Å². The lowest BCUT2D eigenvalue weighted by Gasteiger charge is -2.24. The summed E-state index contributed by atoms with van der Waals surface area (Å²) in [5.74, 6) is -0.282. The van der Waals surface area contributed by atoms with Crippen molar-refractivity contribution in [1.82, 2.24) is 4.98 Å². The highest BCUT2D eigenvalue weighted by molar-refractivity contribution is 7.14. The smallest absolute Gasteiger partial charge is 0.301 e. The molecule has 2 heterocycles. The summed E-state index contributed by atoms with van der Waals surface area (Å²) in [6.45, 7) is 8.55. The van der Waals surface area contributed by atoms with Gasteiger partial charge in [0.2, 0.25) is 0 Å². The minimum absolute atomic E-state index is 0.0402. The fourth-order valence-corrected chi connectivity index (χ4v) is 4.61. The third-order valence-electron chi connectivity index (χ3n) is 5.45. The van der Waals surface area contributed by atoms with Gasteiger partial charge in [0.25, 0.3) is 5.78 Å². The van der Waals surface area contributed by atoms with Crippen molar-refractivity contribution in [2.75, 3.05) is 24.7 Å². The second-order valence-corrected chi connectivity index (χ2v) is 8.55. The summed E-state index contributed by atoms with van der Waals surface area (Å²) < 4.78 is 16.9. The van der Waals surface area contributed by atoms with Crippen LogP contribution in [0.1, 0.15) is 31.0 Å². The number of thiazole rings is 1. The van der Waals surface area contributed by atoms with E-state index < -0.39 is 17.7 Å². The molecule has 0 spiro atoms. The third-order valence-corrected chi connectivity index (χ3v) is 6.22. The highest BCUT2D eigenvalue weighted by atomic mass is 32.1. The zero-order valence-electron chi connectivity index (χ0n) is 20.0. The molecule has 1 amide bonds. The zero-order valence-corrected chi connectivity index (χ0v) is 20.8. The Labute approximate surface area is 213 Å². The second kappa shape index (κ2) is 11.1. The number of rotatable bonds is 10. The number of hydrogen-bond donors (Lipinski definition) is 1. The van der Waals surface area contributed by atoms with Crippen LogP contribution in [0.25, 0.3) is 5.76 Å². The Hall–Kier alpha value is -4.11. The van der Waals surface area contributed by atoms with Gasteiger partial charge in [0, 0.05) is 17.1 Å². The maximum absolute atomic E-state index is 13.3. The zero-order chi connectivity index (χ0) is 25.7. The van der Waals surface area contributed by atoms with Crippen LogP contribution in [0, 0.1) is 0 Å². The number of amides is 1. The van der Waals surface area contributed by atoms with E-state index in [0.717, 1.165) is 0 Å². The van der Waals surface area contributed by atoms with E-state index in [4.69, 9.17) is 14.2 Å². The van der Waals surface area contributed by atoms with Gasteiger partial charge < -0.3 is 19.3 Å². The normalized spacial score (nSPS) is 16.7. The van der Waals surface area contributed by atoms with Gasteiger partial charge in [0.15, 0.2) is 16.6 Å². The van der Waals surface area contributed by atoms with Crippen LogP contribution in [0.15, 0.2) is 72.3 Å². The average Bonchev–Trinajstić information content (AvgIpc) is 3.50. The number of ether oxygens (including phenoxy) is 3. The number of Topliss-reactive ketones (excluding diaryl/α,β-unsaturated/α-hetero) is 1. The maximum atomic E-state index is 13.3. The number of aromatic nitrogens is 1. The highest BCUT2D eigenvalue weighted by Gasteiger charge is 2.48. The fourth-order valence-electron chi connectivity index (χ4n) is 3.94. The first kappa shape index (κ1) is 25.0. The molecule has 1 unspecified atom stereocenters. The van der Waals surface area contributed by atoms with Gasteiger partial charge in [-0.05, 0) is 55.8 Å². The highest BCUT2D eigenvalue weighted by Crippen LogP contribution is 2.44. The molecule has 9 heteroatoms. The number of benzene rings is 2. The monoisotopic (exact) mass is 506 g/mol. The van der Waals surface area contributed by atoms with Crippen molar-refractivity contribution in [3.63, 3.8) is 0 Å². The van der Waals surface area contributed by atoms with Crippen LogP contribution >= 0.6 is 11.3 Å². The van der Waals surface area contributed by atoms with Crippen LogP contribution in [0.4, 0.5) is 5.13 Å². The second-order valence-electron chi connectivity index (χ2n) is 7.68. The molecular formula is C27H26N2O6S. The Kier molecular flexibility index (Phi) is 7.70. The maximum Gasteiger partial charge on any atom is 0.301 e. The summed E-state index contributed by atoms with van der Waals surface area (Å²) in [4.78, 5) is 32.0. The molecule has 2 aromatic carbocycles. The summed E-state index contributed by atoms with van der Waals surface area (Å²) >= 11 is 1.22. The summed E-state index contributed by atoms with van der Waals surface area (Å²) in [6.07, 6.45) is 3.18. The summed E-state index contributed by atoms with van der Waals surface area (Å²) in [6, 6.07) is 10.9. The summed E-state index contributed by atoms with van der Waals surface area (Å²) in [5.41, 5.74) is 0.907. The lowest BCUT2D eigenvalue weighted by Crippen LogP contribution is -2.29. The molecule has 4 rings (SSSR count). The van der Waals surface area contributed by atoms with E-state index in [1.54, 1.807) is 60.1 Å². The molecule has 1 N–H and O–H groups in total. The van der Waals surface area contributed by atoms with Gasteiger partial charge >= 0.3 is 5.91 Å². The van der Waals surface area contributed by atoms with Crippen LogP contribution in [-0.4, -0.2) is 41.6 Å². The minimum Gasteiger partial charge on any atom is -0.507 e. The van der Waals surface area contributed by atoms with Crippen LogP contribution in [0.5, 0.6) is 17.2 Å². The van der Waals surface area contributed by atoms with Gasteiger partial charge in [-0.25, -0.2) is 4.98 Å². The van der Waals surface area contributed by atoms with Gasteiger partial charge in [0.1, 0.15) is 18.1 Å². The van der Waals surface area contributed by atoms with Gasteiger partial charge in [-0.15, -0.1) is 11.3 Å². The average molecular weight is 507 g/mol. The SMILES string of the molecule is C=CCOc1ccc(C2/C(=C(\O)c3ccc(OCC)cc3)C(=O)C(=O)N2c2nccs2)cc1OCC. The molecule has 1 atom stereocenters. The van der Waals surface area contributed by atoms with E-state index >= 15 is 0 Å². The fraction of sp³-hybridized carbons (Fsp3) is 0.222. The first-order valence-corrected chi connectivity index (χ1v) is 12.3. The Bertz CT molecular complexity index is 1280. The molecule has 186 valence electrons. The molecule has 0 bridgehead atoms. The molecule has 0 saturated carbocycles. The molecular weight excluding hydrogens is 480 g/mol. The van der Waals surface area contributed by atoms with E-state index in [-0.39, 0.29) is 17.9 Å². The molecule has 1 fully saturated rings. The number of nitrogens with zero attached hydrogens (tertiary/aromatic N) is 2. The van der Waals surface area contributed by atoms with Gasteiger partial charge in [-0.2, -0.15) is 0 Å². The molecule has 1 aliphatic heterocycles. The largest absolute Gasteiger partial charge is 0.507 e. The molecule has 3 aromatic rings. The Balaban J connectivity index is 1.87. The summed E-state index contributed by atoms with van der Waals surface area (Å²) in [5, 5.41) is 13.3. The Morgan fingerprint density at radius 3 is 2.47 bits per heavy atom. The number of hydrogen-bond acceptors (Lipinski definition) is 8. The molecule has 1 aromatic heterocycles. The van der Waals surface area contributed by atoms with Crippen LogP contribution in [0.3, 0.4) is 0 Å². The van der Waals surface area contributed by atoms with Crippen LogP contribution < -0.4 is 19.1 Å².